The van der Waals surface area contributed by atoms with Crippen LogP contribution in [0.4, 0.5) is 0 Å². The van der Waals surface area contributed by atoms with E-state index in [1.165, 1.54) is 6.92 Å². The third-order valence-electron chi connectivity index (χ3n) is 6.60. The van der Waals surface area contributed by atoms with E-state index < -0.39 is 18.2 Å². The molecule has 5 rings (SSSR count). The van der Waals surface area contributed by atoms with Gasteiger partial charge in [0.25, 0.3) is 0 Å². The van der Waals surface area contributed by atoms with E-state index in [-0.39, 0.29) is 59.4 Å². The fourth-order valence-corrected chi connectivity index (χ4v) is 5.48. The summed E-state index contributed by atoms with van der Waals surface area (Å²) in [5.74, 6) is -0.642. The maximum Gasteiger partial charge on any atom is 0.341 e. The first-order chi connectivity index (χ1) is 12.8. The van der Waals surface area contributed by atoms with E-state index in [1.54, 1.807) is 6.08 Å². The highest BCUT2D eigenvalue weighted by Crippen LogP contribution is 2.50. The van der Waals surface area contributed by atoms with E-state index in [4.69, 9.17) is 9.47 Å². The summed E-state index contributed by atoms with van der Waals surface area (Å²) in [7, 11) is 0. The van der Waals surface area contributed by atoms with E-state index >= 15 is 0 Å². The highest BCUT2D eigenvalue weighted by molar-refractivity contribution is 6.18. The Morgan fingerprint density at radius 1 is 1.19 bits per heavy atom. The van der Waals surface area contributed by atoms with Crippen LogP contribution in [0.2, 0.25) is 0 Å². The maximum absolute atomic E-state index is 12.5. The van der Waals surface area contributed by atoms with Crippen molar-refractivity contribution < 1.29 is 29.0 Å². The Kier molecular flexibility index (Phi) is 4.70. The van der Waals surface area contributed by atoms with Crippen molar-refractivity contribution in [3.8, 4) is 0 Å². The van der Waals surface area contributed by atoms with Crippen molar-refractivity contribution in [1.29, 1.82) is 0 Å². The lowest BCUT2D eigenvalue weighted by molar-refractivity contribution is -0.153. The Morgan fingerprint density at radius 2 is 1.96 bits per heavy atom. The number of ketones is 1. The molecule has 0 aromatic heterocycles. The maximum atomic E-state index is 12.5. The van der Waals surface area contributed by atoms with Crippen LogP contribution in [-0.4, -0.2) is 41.1 Å². The molecule has 146 valence electrons. The van der Waals surface area contributed by atoms with Crippen LogP contribution in [0.15, 0.2) is 23.8 Å². The average Bonchev–Trinajstić information content (AvgIpc) is 2.87. The lowest BCUT2D eigenvalue weighted by Crippen LogP contribution is -2.40. The van der Waals surface area contributed by atoms with Crippen molar-refractivity contribution in [2.24, 2.45) is 29.6 Å². The first kappa shape index (κ1) is 18.4. The Bertz CT molecular complexity index is 702. The van der Waals surface area contributed by atoms with Crippen molar-refractivity contribution in [3.05, 3.63) is 23.8 Å². The highest BCUT2D eigenvalue weighted by atomic mass is 16.7. The van der Waals surface area contributed by atoms with Crippen LogP contribution in [0.5, 0.6) is 0 Å². The number of hydrogen-bond donors (Lipinski definition) is 1. The number of aliphatic hydroxyl groups is 1. The van der Waals surface area contributed by atoms with Crippen molar-refractivity contribution in [2.75, 3.05) is 0 Å². The second-order valence-corrected chi connectivity index (χ2v) is 8.51. The molecule has 27 heavy (non-hydrogen) atoms. The first-order valence-electron chi connectivity index (χ1n) is 9.83. The van der Waals surface area contributed by atoms with Crippen LogP contribution in [0.1, 0.15) is 39.5 Å². The summed E-state index contributed by atoms with van der Waals surface area (Å²) in [5, 5.41) is 10.5. The molecule has 2 fully saturated rings. The Balaban J connectivity index is 1.72. The minimum absolute atomic E-state index is 0.0528. The van der Waals surface area contributed by atoms with Crippen molar-refractivity contribution in [1.82, 2.24) is 0 Å². The van der Waals surface area contributed by atoms with Gasteiger partial charge in [0.1, 0.15) is 12.2 Å². The van der Waals surface area contributed by atoms with E-state index in [9.17, 15) is 19.5 Å². The molecule has 6 nitrogen and oxygen atoms in total. The van der Waals surface area contributed by atoms with Gasteiger partial charge in [0.2, 0.25) is 0 Å². The number of esters is 2. The van der Waals surface area contributed by atoms with Gasteiger partial charge in [0.05, 0.1) is 11.7 Å². The molecule has 2 aliphatic heterocycles. The van der Waals surface area contributed by atoms with Crippen LogP contribution < -0.4 is 0 Å². The monoisotopic (exact) mass is 392 g/mol. The van der Waals surface area contributed by atoms with E-state index in [2.05, 4.69) is 19.1 Å². The second-order valence-electron chi connectivity index (χ2n) is 8.51. The molecule has 5 aliphatic rings. The molecule has 6 heteroatoms. The third kappa shape index (κ3) is 3.35. The zero-order valence-corrected chi connectivity index (χ0v) is 15.7. The molecule has 0 aromatic carbocycles. The summed E-state index contributed by atoms with van der Waals surface area (Å²) < 4.78 is 11.0. The van der Waals surface area contributed by atoms with Gasteiger partial charge < -0.3 is 14.6 Å². The van der Waals surface area contributed by atoms with Crippen molar-refractivity contribution >= 4 is 17.7 Å². The van der Waals surface area contributed by atoms with Crippen molar-refractivity contribution in [2.45, 2.75) is 57.8 Å². The summed E-state index contributed by atoms with van der Waals surface area (Å²) >= 11 is 0. The largest absolute Gasteiger partial charge is 0.462 e. The van der Waals surface area contributed by atoms with Gasteiger partial charge in [-0.15, -0.1) is 0 Å². The van der Waals surface area contributed by atoms with E-state index in [1.807, 2.05) is 0 Å². The Hall–Kier alpha value is -1.95. The molecule has 1 saturated heterocycles. The first-order valence-corrected chi connectivity index (χ1v) is 9.83. The fourth-order valence-electron chi connectivity index (χ4n) is 5.48. The minimum Gasteiger partial charge on any atom is -0.462 e. The number of hydrogen-bond acceptors (Lipinski definition) is 6. The fraction of sp³-hybridized carbons (Fsp3) is 0.667. The molecule has 0 amide bonds. The van der Waals surface area contributed by atoms with Gasteiger partial charge in [-0.3, -0.25) is 9.59 Å². The Morgan fingerprint density at radius 3 is 2.67 bits per heavy atom. The molecule has 8 atom stereocenters. The van der Waals surface area contributed by atoms with Gasteiger partial charge in [-0.25, -0.2) is 4.79 Å². The second kappa shape index (κ2) is 6.89. The smallest absolute Gasteiger partial charge is 0.341 e. The number of carbonyl (C=O) groups is 3. The molecular formula is C21H26O6. The number of fused-ring (bicyclic) bond motifs is 5. The zero-order chi connectivity index (χ0) is 19.3. The van der Waals surface area contributed by atoms with Gasteiger partial charge >= 0.3 is 11.9 Å². The number of rotatable bonds is 1. The molecule has 0 aromatic rings. The summed E-state index contributed by atoms with van der Waals surface area (Å²) in [6.07, 6.45) is 6.47. The minimum atomic E-state index is -0.625. The number of carbonyl (C=O) groups excluding carboxylic acids is 3. The average molecular weight is 392 g/mol. The molecule has 3 aliphatic carbocycles. The quantitative estimate of drug-likeness (QED) is 0.318. The molecule has 1 N–H and O–H groups in total. The van der Waals surface area contributed by atoms with Gasteiger partial charge in [0, 0.05) is 25.7 Å². The summed E-state index contributed by atoms with van der Waals surface area (Å²) in [6.45, 7) is 3.49. The molecular weight excluding hydrogens is 366 g/mol. The normalized spacial score (nSPS) is 45.4. The molecule has 0 spiro atoms. The topological polar surface area (TPSA) is 89.9 Å². The van der Waals surface area contributed by atoms with Crippen LogP contribution >= 0.6 is 0 Å². The van der Waals surface area contributed by atoms with Gasteiger partial charge in [-0.2, -0.15) is 0 Å². The Labute approximate surface area is 158 Å². The van der Waals surface area contributed by atoms with Gasteiger partial charge in [-0.1, -0.05) is 25.2 Å². The summed E-state index contributed by atoms with van der Waals surface area (Å²) in [4.78, 5) is 36.4. The number of aliphatic hydroxyl groups excluding tert-OH is 1. The van der Waals surface area contributed by atoms with Crippen LogP contribution in [0, 0.1) is 29.6 Å². The van der Waals surface area contributed by atoms with Gasteiger partial charge in [0.15, 0.2) is 5.78 Å². The van der Waals surface area contributed by atoms with Crippen LogP contribution in [0.25, 0.3) is 0 Å². The highest BCUT2D eigenvalue weighted by Gasteiger charge is 2.49. The van der Waals surface area contributed by atoms with Crippen LogP contribution in [0.3, 0.4) is 0 Å². The predicted molar refractivity (Wildman–Crippen MR) is 95.3 cm³/mol. The lowest BCUT2D eigenvalue weighted by atomic mass is 10.2. The predicted octanol–water partition coefficient (Wildman–Crippen LogP) is 1.96. The molecule has 0 radical (unpaired) electrons. The number of ether oxygens (including phenoxy) is 2. The van der Waals surface area contributed by atoms with Crippen molar-refractivity contribution in [3.63, 3.8) is 0 Å². The molecule has 0 unspecified atom stereocenters. The summed E-state index contributed by atoms with van der Waals surface area (Å²) in [6, 6.07) is 0. The SMILES string of the molecule is C[C@@H]1[13CH2][13C@H]2[13C@@H]3/[13CH]=[13C]4/[13C](=O)[13CH2][13C@H]([13CH2][13C@H](O)[13CH2][13C@@H]3[13CH]=[13CH][13C@H]2[C@@H]1O[13C]([13CH3])=O)O[13C]4=O. The molecule has 2 heterocycles. The number of Topliss-reactive ketones (excluding diaryl/α,β-unsaturated/α-hetero) is 1. The molecule has 1 saturated carbocycles. The standard InChI is InChI=1S/C21H26O6/c1-10-5-17-15(20(10)26-11(2)22)4-3-12-6-13(23)7-14-8-19(24)18(9-16(12)17)21(25)27-14/h3-4,9-10,12-17,20,23H,5-8H2,1-2H3/b18-9-/t10-,12+,13-,14+,15-,16-,17-,20-/m1/s1/i2+1,3+1,4+1,5+1,6+1,7+1,8+1,9+1,11+1,12+1,13+1,14+1,15+1,16+1,17+1,18+1,19+1,21+1. The number of allylic oxidation sites excluding steroid dienone is 2. The summed E-state index contributed by atoms with van der Waals surface area (Å²) in [5.41, 5.74) is 0.148. The third-order valence-corrected chi connectivity index (χ3v) is 6.60. The van der Waals surface area contributed by atoms with Crippen LogP contribution in [-0.2, 0) is 23.9 Å². The molecule has 2 bridgehead atoms. The lowest BCUT2D eigenvalue weighted by Gasteiger charge is -2.38. The zero-order valence-electron chi connectivity index (χ0n) is 15.7. The van der Waals surface area contributed by atoms with E-state index in [0.29, 0.717) is 12.8 Å². The van der Waals surface area contributed by atoms with Gasteiger partial charge in [-0.05, 0) is 36.5 Å². The van der Waals surface area contributed by atoms with E-state index in [0.717, 1.165) is 6.42 Å².